The summed E-state index contributed by atoms with van der Waals surface area (Å²) in [5.41, 5.74) is 0.347. The van der Waals surface area contributed by atoms with Gasteiger partial charge in [-0.3, -0.25) is 4.98 Å². The van der Waals surface area contributed by atoms with Crippen molar-refractivity contribution < 1.29 is 9.13 Å². The molecule has 88 valence electrons. The Morgan fingerprint density at radius 1 is 1.62 bits per heavy atom. The lowest BCUT2D eigenvalue weighted by Gasteiger charge is -2.38. The molecule has 0 spiro atoms. The molecule has 1 saturated heterocycles. The summed E-state index contributed by atoms with van der Waals surface area (Å²) < 4.78 is 18.7. The van der Waals surface area contributed by atoms with Crippen LogP contribution in [0.15, 0.2) is 18.3 Å². The maximum Gasteiger partial charge on any atom is 0.141 e. The van der Waals surface area contributed by atoms with Gasteiger partial charge >= 0.3 is 0 Å². The number of rotatable bonds is 2. The minimum absolute atomic E-state index is 0.112. The largest absolute Gasteiger partial charge is 0.369 e. The molecular weight excluding hydrogens is 229 g/mol. The second kappa shape index (κ2) is 4.68. The number of pyridine rings is 1. The summed E-state index contributed by atoms with van der Waals surface area (Å²) in [6, 6.07) is 3.11. The maximum absolute atomic E-state index is 12.8. The van der Waals surface area contributed by atoms with E-state index in [0.717, 1.165) is 25.0 Å². The third kappa shape index (κ3) is 2.20. The Morgan fingerprint density at radius 2 is 2.44 bits per heavy atom. The van der Waals surface area contributed by atoms with Crippen molar-refractivity contribution in [3.8, 4) is 0 Å². The van der Waals surface area contributed by atoms with Gasteiger partial charge in [-0.2, -0.15) is 0 Å². The zero-order valence-corrected chi connectivity index (χ0v) is 10.0. The monoisotopic (exact) mass is 243 g/mol. The second-order valence-corrected chi connectivity index (χ2v) is 4.77. The molecule has 2 rings (SSSR count). The lowest BCUT2D eigenvalue weighted by Crippen LogP contribution is -2.38. The summed E-state index contributed by atoms with van der Waals surface area (Å²) in [7, 11) is 0. The van der Waals surface area contributed by atoms with Gasteiger partial charge in [-0.15, -0.1) is 11.6 Å². The van der Waals surface area contributed by atoms with Crippen LogP contribution in [0, 0.1) is 5.82 Å². The van der Waals surface area contributed by atoms with Gasteiger partial charge in [0.1, 0.15) is 11.4 Å². The third-order valence-electron chi connectivity index (χ3n) is 3.13. The summed E-state index contributed by atoms with van der Waals surface area (Å²) in [4.78, 5) is 4.12. The minimum atomic E-state index is -0.432. The molecule has 1 fully saturated rings. The van der Waals surface area contributed by atoms with Crippen molar-refractivity contribution >= 4 is 11.6 Å². The van der Waals surface area contributed by atoms with Crippen LogP contribution in [0.3, 0.4) is 0 Å². The highest BCUT2D eigenvalue weighted by Crippen LogP contribution is 2.38. The zero-order valence-electron chi connectivity index (χ0n) is 9.25. The van der Waals surface area contributed by atoms with E-state index >= 15 is 0 Å². The molecule has 2 heterocycles. The number of alkyl halides is 1. The Bertz CT molecular complexity index is 357. The number of hydrogen-bond donors (Lipinski definition) is 0. The van der Waals surface area contributed by atoms with Gasteiger partial charge in [-0.25, -0.2) is 4.39 Å². The molecule has 2 atom stereocenters. The minimum Gasteiger partial charge on any atom is -0.369 e. The number of halogens is 2. The molecule has 0 radical (unpaired) electrons. The van der Waals surface area contributed by atoms with E-state index in [1.54, 1.807) is 6.07 Å². The van der Waals surface area contributed by atoms with Gasteiger partial charge in [0.15, 0.2) is 0 Å². The van der Waals surface area contributed by atoms with Crippen molar-refractivity contribution in [3.05, 3.63) is 29.8 Å². The van der Waals surface area contributed by atoms with E-state index in [2.05, 4.69) is 4.98 Å². The van der Waals surface area contributed by atoms with Crippen LogP contribution in [0.4, 0.5) is 4.39 Å². The van der Waals surface area contributed by atoms with Crippen molar-refractivity contribution in [3.63, 3.8) is 0 Å². The van der Waals surface area contributed by atoms with Crippen LogP contribution >= 0.6 is 11.6 Å². The first-order chi connectivity index (χ1) is 7.66. The average Bonchev–Trinajstić information content (AvgIpc) is 2.29. The SMILES string of the molecule is CCC1(c2ccc(F)cn2)CC(Cl)CCO1. The Labute approximate surface area is 99.8 Å². The van der Waals surface area contributed by atoms with Crippen LogP contribution < -0.4 is 0 Å². The van der Waals surface area contributed by atoms with Crippen LogP contribution in [0.25, 0.3) is 0 Å². The van der Waals surface area contributed by atoms with Crippen molar-refractivity contribution in [1.29, 1.82) is 0 Å². The lowest BCUT2D eigenvalue weighted by molar-refractivity contribution is -0.0876. The van der Waals surface area contributed by atoms with Crippen LogP contribution in [0.1, 0.15) is 31.9 Å². The molecule has 0 aliphatic carbocycles. The highest BCUT2D eigenvalue weighted by molar-refractivity contribution is 6.20. The Morgan fingerprint density at radius 3 is 3.00 bits per heavy atom. The molecule has 0 amide bonds. The molecule has 2 unspecified atom stereocenters. The van der Waals surface area contributed by atoms with E-state index < -0.39 is 5.60 Å². The molecule has 4 heteroatoms. The zero-order chi connectivity index (χ0) is 11.6. The van der Waals surface area contributed by atoms with Crippen LogP contribution in [0.2, 0.25) is 0 Å². The van der Waals surface area contributed by atoms with E-state index in [0.29, 0.717) is 6.61 Å². The van der Waals surface area contributed by atoms with E-state index in [4.69, 9.17) is 16.3 Å². The van der Waals surface area contributed by atoms with Gasteiger partial charge < -0.3 is 4.74 Å². The molecule has 0 N–H and O–H groups in total. The summed E-state index contributed by atoms with van der Waals surface area (Å²) in [5, 5.41) is 0.112. The Kier molecular flexibility index (Phi) is 3.45. The first kappa shape index (κ1) is 11.8. The molecule has 1 aliphatic heterocycles. The number of aromatic nitrogens is 1. The molecule has 1 aromatic heterocycles. The average molecular weight is 244 g/mol. The Balaban J connectivity index is 2.29. The van der Waals surface area contributed by atoms with Gasteiger partial charge in [0.25, 0.3) is 0 Å². The molecule has 0 saturated carbocycles. The highest BCUT2D eigenvalue weighted by Gasteiger charge is 2.38. The normalized spacial score (nSPS) is 30.3. The fourth-order valence-electron chi connectivity index (χ4n) is 2.15. The number of nitrogens with zero attached hydrogens (tertiary/aromatic N) is 1. The highest BCUT2D eigenvalue weighted by atomic mass is 35.5. The fourth-order valence-corrected chi connectivity index (χ4v) is 2.49. The van der Waals surface area contributed by atoms with Crippen molar-refractivity contribution in [1.82, 2.24) is 4.98 Å². The predicted molar refractivity (Wildman–Crippen MR) is 61.0 cm³/mol. The van der Waals surface area contributed by atoms with Gasteiger partial charge in [-0.05, 0) is 31.4 Å². The third-order valence-corrected chi connectivity index (χ3v) is 3.50. The summed E-state index contributed by atoms with van der Waals surface area (Å²) in [5.74, 6) is -0.326. The van der Waals surface area contributed by atoms with E-state index in [1.165, 1.54) is 12.3 Å². The van der Waals surface area contributed by atoms with Crippen molar-refractivity contribution in [2.45, 2.75) is 37.2 Å². The maximum atomic E-state index is 12.8. The van der Waals surface area contributed by atoms with Gasteiger partial charge in [0.2, 0.25) is 0 Å². The van der Waals surface area contributed by atoms with Crippen LogP contribution in [-0.4, -0.2) is 17.0 Å². The Hall–Kier alpha value is -0.670. The van der Waals surface area contributed by atoms with Gasteiger partial charge in [0, 0.05) is 12.0 Å². The first-order valence-electron chi connectivity index (χ1n) is 5.56. The summed E-state index contributed by atoms with van der Waals surface area (Å²) in [6.07, 6.45) is 3.64. The number of ether oxygens (including phenoxy) is 1. The predicted octanol–water partition coefficient (Wildman–Crippen LogP) is 3.24. The second-order valence-electron chi connectivity index (χ2n) is 4.15. The van der Waals surface area contributed by atoms with E-state index in [1.807, 2.05) is 6.92 Å². The molecular formula is C12H15ClFNO. The standard InChI is InChI=1S/C12H15ClFNO/c1-2-12(7-9(13)5-6-16-12)11-4-3-10(14)8-15-11/h3-4,8-9H,2,5-7H2,1H3. The molecule has 2 nitrogen and oxygen atoms in total. The van der Waals surface area contributed by atoms with Gasteiger partial charge in [-0.1, -0.05) is 6.92 Å². The van der Waals surface area contributed by atoms with Crippen LogP contribution in [-0.2, 0) is 10.3 Å². The van der Waals surface area contributed by atoms with Crippen molar-refractivity contribution in [2.24, 2.45) is 0 Å². The van der Waals surface area contributed by atoms with E-state index in [9.17, 15) is 4.39 Å². The smallest absolute Gasteiger partial charge is 0.141 e. The van der Waals surface area contributed by atoms with E-state index in [-0.39, 0.29) is 11.2 Å². The molecule has 0 aromatic carbocycles. The van der Waals surface area contributed by atoms with Crippen LogP contribution in [0.5, 0.6) is 0 Å². The summed E-state index contributed by atoms with van der Waals surface area (Å²) >= 11 is 6.18. The molecule has 16 heavy (non-hydrogen) atoms. The lowest BCUT2D eigenvalue weighted by atomic mass is 9.87. The fraction of sp³-hybridized carbons (Fsp3) is 0.583. The van der Waals surface area contributed by atoms with Crippen molar-refractivity contribution in [2.75, 3.05) is 6.61 Å². The quantitative estimate of drug-likeness (QED) is 0.744. The van der Waals surface area contributed by atoms with Gasteiger partial charge in [0.05, 0.1) is 11.9 Å². The summed E-state index contributed by atoms with van der Waals surface area (Å²) in [6.45, 7) is 2.68. The molecule has 1 aromatic rings. The topological polar surface area (TPSA) is 22.1 Å². The molecule has 1 aliphatic rings. The molecule has 0 bridgehead atoms. The number of hydrogen-bond acceptors (Lipinski definition) is 2. The first-order valence-corrected chi connectivity index (χ1v) is 6.00.